The van der Waals surface area contributed by atoms with Gasteiger partial charge in [-0.25, -0.2) is 4.39 Å². The second-order valence-electron chi connectivity index (χ2n) is 8.38. The summed E-state index contributed by atoms with van der Waals surface area (Å²) < 4.78 is 19.2. The second-order valence-corrected chi connectivity index (χ2v) is 8.38. The fourth-order valence-corrected chi connectivity index (χ4v) is 4.02. The smallest absolute Gasteiger partial charge is 0.256 e. The van der Waals surface area contributed by atoms with Crippen LogP contribution < -0.4 is 10.6 Å². The van der Waals surface area contributed by atoms with Crippen molar-refractivity contribution in [1.29, 1.82) is 0 Å². The zero-order chi connectivity index (χ0) is 23.4. The van der Waals surface area contributed by atoms with E-state index in [0.29, 0.717) is 40.3 Å². The lowest BCUT2D eigenvalue weighted by atomic mass is 10.0. The Morgan fingerprint density at radius 2 is 2.06 bits per heavy atom. The fourth-order valence-electron chi connectivity index (χ4n) is 4.02. The number of hydrogen-bond donors (Lipinski definition) is 3. The van der Waals surface area contributed by atoms with E-state index in [1.165, 1.54) is 12.1 Å². The van der Waals surface area contributed by atoms with Crippen LogP contribution in [0.4, 0.5) is 10.1 Å². The number of nitrogens with zero attached hydrogens (tertiary/aromatic N) is 1. The molecule has 0 saturated carbocycles. The lowest BCUT2D eigenvalue weighted by Gasteiger charge is -2.19. The highest BCUT2D eigenvalue weighted by Gasteiger charge is 2.26. The monoisotopic (exact) mass is 442 g/mol. The molecule has 1 aliphatic rings. The van der Waals surface area contributed by atoms with Gasteiger partial charge in [0.25, 0.3) is 11.8 Å². The van der Waals surface area contributed by atoms with Crippen LogP contribution in [0.1, 0.15) is 45.7 Å². The van der Waals surface area contributed by atoms with E-state index in [1.807, 2.05) is 27.9 Å². The molecule has 8 heteroatoms. The molecular formula is C24H31FN4O3. The number of nitrogens with one attached hydrogen (secondary N) is 3. The molecule has 172 valence electrons. The molecule has 32 heavy (non-hydrogen) atoms. The lowest BCUT2D eigenvalue weighted by Crippen LogP contribution is -2.30. The number of carbonyl (C=O) groups is 2. The molecule has 0 fully saturated rings. The first-order valence-corrected chi connectivity index (χ1v) is 10.7. The number of anilines is 1. The molecule has 1 aromatic heterocycles. The third kappa shape index (κ3) is 5.26. The molecule has 0 saturated heterocycles. The van der Waals surface area contributed by atoms with Crippen LogP contribution in [0.3, 0.4) is 0 Å². The number of methoxy groups -OCH3 is 1. The first-order chi connectivity index (χ1) is 15.2. The Morgan fingerprint density at radius 3 is 2.75 bits per heavy atom. The van der Waals surface area contributed by atoms with Gasteiger partial charge in [-0.2, -0.15) is 0 Å². The summed E-state index contributed by atoms with van der Waals surface area (Å²) in [6, 6.07) is 4.19. The number of aromatic nitrogens is 1. The summed E-state index contributed by atoms with van der Waals surface area (Å²) in [5.74, 6) is -0.870. The number of rotatable bonds is 9. The van der Waals surface area contributed by atoms with Gasteiger partial charge in [0.2, 0.25) is 0 Å². The summed E-state index contributed by atoms with van der Waals surface area (Å²) in [4.78, 5) is 30.5. The van der Waals surface area contributed by atoms with E-state index < -0.39 is 5.82 Å². The van der Waals surface area contributed by atoms with Crippen LogP contribution in [0, 0.1) is 19.7 Å². The molecule has 1 aromatic carbocycles. The van der Waals surface area contributed by atoms with Crippen LogP contribution >= 0.6 is 0 Å². The quantitative estimate of drug-likeness (QED) is 0.411. The van der Waals surface area contributed by atoms with Crippen LogP contribution in [0.25, 0.3) is 11.6 Å². The van der Waals surface area contributed by atoms with Gasteiger partial charge >= 0.3 is 0 Å². The molecule has 0 spiro atoms. The molecule has 0 unspecified atom stereocenters. The van der Waals surface area contributed by atoms with E-state index in [2.05, 4.69) is 20.5 Å². The fraction of sp³-hybridized carbons (Fsp3) is 0.417. The van der Waals surface area contributed by atoms with E-state index in [-0.39, 0.29) is 17.9 Å². The molecule has 7 nitrogen and oxygen atoms in total. The summed E-state index contributed by atoms with van der Waals surface area (Å²) in [5.41, 5.74) is 4.12. The lowest BCUT2D eigenvalue weighted by molar-refractivity contribution is -0.110. The number of amides is 2. The van der Waals surface area contributed by atoms with Crippen molar-refractivity contribution in [2.45, 2.75) is 32.8 Å². The number of carbonyl (C=O) groups excluding carboxylic acids is 2. The van der Waals surface area contributed by atoms with Gasteiger partial charge in [-0.05, 0) is 70.6 Å². The van der Waals surface area contributed by atoms with Crippen molar-refractivity contribution in [3.63, 3.8) is 0 Å². The number of ether oxygens (including phenoxy) is 1. The Balaban J connectivity index is 1.70. The van der Waals surface area contributed by atoms with Gasteiger partial charge in [-0.15, -0.1) is 0 Å². The third-order valence-electron chi connectivity index (χ3n) is 5.65. The van der Waals surface area contributed by atoms with Crippen molar-refractivity contribution in [2.75, 3.05) is 39.6 Å². The number of fused-ring (bicyclic) bond motifs is 1. The average Bonchev–Trinajstić information content (AvgIpc) is 3.19. The Morgan fingerprint density at radius 1 is 1.31 bits per heavy atom. The predicted molar refractivity (Wildman–Crippen MR) is 124 cm³/mol. The molecule has 2 heterocycles. The maximum atomic E-state index is 13.7. The number of aromatic amines is 1. The van der Waals surface area contributed by atoms with E-state index in [1.54, 1.807) is 19.3 Å². The minimum Gasteiger partial charge on any atom is -0.380 e. The SMILES string of the molecule is CO[C@@H](CCCNC(=O)c1c(C)[nH]c(/C=C2\C(=O)Nc3ccc(F)cc32)c1C)CN(C)C. The van der Waals surface area contributed by atoms with Gasteiger partial charge < -0.3 is 25.3 Å². The van der Waals surface area contributed by atoms with Crippen molar-refractivity contribution < 1.29 is 18.7 Å². The average molecular weight is 443 g/mol. The molecule has 2 amide bonds. The zero-order valence-corrected chi connectivity index (χ0v) is 19.3. The van der Waals surface area contributed by atoms with Crippen molar-refractivity contribution in [1.82, 2.24) is 15.2 Å². The van der Waals surface area contributed by atoms with Crippen molar-refractivity contribution in [3.8, 4) is 0 Å². The number of H-pyrrole nitrogens is 1. The summed E-state index contributed by atoms with van der Waals surface area (Å²) in [5, 5.41) is 5.71. The van der Waals surface area contributed by atoms with Crippen molar-refractivity contribution >= 4 is 29.2 Å². The molecular weight excluding hydrogens is 411 g/mol. The molecule has 3 rings (SSSR count). The zero-order valence-electron chi connectivity index (χ0n) is 19.3. The van der Waals surface area contributed by atoms with Gasteiger partial charge in [-0.1, -0.05) is 0 Å². The minimum atomic E-state index is -0.410. The normalized spacial score (nSPS) is 15.2. The van der Waals surface area contributed by atoms with Gasteiger partial charge in [0.15, 0.2) is 0 Å². The summed E-state index contributed by atoms with van der Waals surface area (Å²) in [6.07, 6.45) is 3.45. The molecule has 2 aromatic rings. The van der Waals surface area contributed by atoms with Crippen molar-refractivity contribution in [3.05, 3.63) is 52.1 Å². The number of likely N-dealkylation sites (N-methyl/N-ethyl adjacent to an activating group) is 1. The summed E-state index contributed by atoms with van der Waals surface area (Å²) >= 11 is 0. The maximum absolute atomic E-state index is 13.7. The molecule has 0 radical (unpaired) electrons. The second kappa shape index (κ2) is 10.1. The first kappa shape index (κ1) is 23.7. The van der Waals surface area contributed by atoms with Crippen molar-refractivity contribution in [2.24, 2.45) is 0 Å². The van der Waals surface area contributed by atoms with E-state index >= 15 is 0 Å². The third-order valence-corrected chi connectivity index (χ3v) is 5.65. The van der Waals surface area contributed by atoms with E-state index in [0.717, 1.165) is 24.9 Å². The Bertz CT molecular complexity index is 1040. The Labute approximate surface area is 188 Å². The van der Waals surface area contributed by atoms with Gasteiger partial charge in [0.05, 0.1) is 17.2 Å². The van der Waals surface area contributed by atoms with Gasteiger partial charge in [0.1, 0.15) is 5.82 Å². The number of halogens is 1. The highest BCUT2D eigenvalue weighted by atomic mass is 19.1. The van der Waals surface area contributed by atoms with Crippen LogP contribution in [-0.2, 0) is 9.53 Å². The van der Waals surface area contributed by atoms with Gasteiger partial charge in [0, 0.05) is 42.8 Å². The highest BCUT2D eigenvalue weighted by molar-refractivity contribution is 6.34. The van der Waals surface area contributed by atoms with Crippen LogP contribution in [0.15, 0.2) is 18.2 Å². The highest BCUT2D eigenvalue weighted by Crippen LogP contribution is 2.34. The molecule has 3 N–H and O–H groups in total. The largest absolute Gasteiger partial charge is 0.380 e. The van der Waals surface area contributed by atoms with Crippen LogP contribution in [0.2, 0.25) is 0 Å². The molecule has 0 bridgehead atoms. The number of benzene rings is 1. The standard InChI is InChI=1S/C24H31FN4O3/c1-14-21(12-19-18-11-16(25)8-9-20(18)28-23(19)30)27-15(2)22(14)24(31)26-10-6-7-17(32-5)13-29(3)4/h8-9,11-12,17,27H,6-7,10,13H2,1-5H3,(H,26,31)(H,28,30)/b19-12-/t17-/m0/s1. The van der Waals surface area contributed by atoms with Crippen LogP contribution in [-0.4, -0.2) is 62.1 Å². The van der Waals surface area contributed by atoms with E-state index in [4.69, 9.17) is 4.74 Å². The summed E-state index contributed by atoms with van der Waals surface area (Å²) in [7, 11) is 5.71. The van der Waals surface area contributed by atoms with Gasteiger partial charge in [-0.3, -0.25) is 9.59 Å². The number of hydrogen-bond acceptors (Lipinski definition) is 4. The molecule has 0 aliphatic carbocycles. The Kier molecular flexibility index (Phi) is 7.48. The van der Waals surface area contributed by atoms with E-state index in [9.17, 15) is 14.0 Å². The van der Waals surface area contributed by atoms with Crippen LogP contribution in [0.5, 0.6) is 0 Å². The topological polar surface area (TPSA) is 86.5 Å². The number of aryl methyl sites for hydroxylation is 1. The molecule has 1 atom stereocenters. The predicted octanol–water partition coefficient (Wildman–Crippen LogP) is 3.35. The maximum Gasteiger partial charge on any atom is 0.256 e. The first-order valence-electron chi connectivity index (χ1n) is 10.7. The minimum absolute atomic E-state index is 0.126. The Hall–Kier alpha value is -2.97. The molecule has 1 aliphatic heterocycles. The summed E-state index contributed by atoms with van der Waals surface area (Å²) in [6.45, 7) is 5.03.